The van der Waals surface area contributed by atoms with Crippen LogP contribution in [0.3, 0.4) is 0 Å². The molecule has 0 unspecified atom stereocenters. The molecule has 0 aromatic heterocycles. The first-order chi connectivity index (χ1) is 13.7. The molecule has 2 aromatic rings. The van der Waals surface area contributed by atoms with E-state index in [1.807, 2.05) is 0 Å². The maximum atomic E-state index is 13.3. The molecule has 2 aromatic carbocycles. The average molecular weight is 446 g/mol. The highest BCUT2D eigenvalue weighted by molar-refractivity contribution is 7.89. The van der Waals surface area contributed by atoms with Gasteiger partial charge in [0.2, 0.25) is 15.9 Å². The van der Waals surface area contributed by atoms with Gasteiger partial charge in [0.15, 0.2) is 0 Å². The summed E-state index contributed by atoms with van der Waals surface area (Å²) >= 11 is 0. The minimum Gasteiger partial charge on any atom is -0.326 e. The lowest BCUT2D eigenvalue weighted by Crippen LogP contribution is -2.40. The van der Waals surface area contributed by atoms with Crippen molar-refractivity contribution in [2.75, 3.05) is 5.32 Å². The Morgan fingerprint density at radius 3 is 2.13 bits per heavy atom. The van der Waals surface area contributed by atoms with Crippen LogP contribution in [0.4, 0.5) is 23.2 Å². The molecule has 0 saturated carbocycles. The summed E-state index contributed by atoms with van der Waals surface area (Å²) in [5.41, 5.74) is -1.58. The number of alkyl halides is 3. The van der Waals surface area contributed by atoms with Crippen molar-refractivity contribution in [2.45, 2.75) is 50.2 Å². The molecule has 0 bridgehead atoms. The summed E-state index contributed by atoms with van der Waals surface area (Å²) in [5, 5.41) is 2.30. The highest BCUT2D eigenvalue weighted by Gasteiger charge is 2.34. The summed E-state index contributed by atoms with van der Waals surface area (Å²) in [4.78, 5) is 12.1. The zero-order chi connectivity index (χ0) is 22.7. The highest BCUT2D eigenvalue weighted by atomic mass is 32.2. The summed E-state index contributed by atoms with van der Waals surface area (Å²) in [7, 11) is -3.68. The van der Waals surface area contributed by atoms with Gasteiger partial charge < -0.3 is 5.32 Å². The van der Waals surface area contributed by atoms with Crippen molar-refractivity contribution in [3.8, 4) is 0 Å². The zero-order valence-corrected chi connectivity index (χ0v) is 17.4. The van der Waals surface area contributed by atoms with Gasteiger partial charge in [0, 0.05) is 17.6 Å². The SMILES string of the molecule is CC(C)(C)NS(=O)(=O)c1ccc(CCC(=O)Nc2ccc(F)c(C(F)(F)F)c2)cc1. The van der Waals surface area contributed by atoms with Crippen LogP contribution in [0.25, 0.3) is 0 Å². The van der Waals surface area contributed by atoms with Crippen LogP contribution < -0.4 is 10.0 Å². The van der Waals surface area contributed by atoms with E-state index in [1.165, 1.54) is 12.1 Å². The number of amides is 1. The van der Waals surface area contributed by atoms with Crippen LogP contribution in [-0.2, 0) is 27.4 Å². The lowest BCUT2D eigenvalue weighted by Gasteiger charge is -2.20. The molecule has 0 saturated heterocycles. The van der Waals surface area contributed by atoms with Crippen molar-refractivity contribution >= 4 is 21.6 Å². The number of nitrogens with one attached hydrogen (secondary N) is 2. The van der Waals surface area contributed by atoms with E-state index in [-0.39, 0.29) is 23.4 Å². The van der Waals surface area contributed by atoms with Gasteiger partial charge in [0.05, 0.1) is 10.5 Å². The molecule has 0 aliphatic rings. The van der Waals surface area contributed by atoms with Gasteiger partial charge in [0.1, 0.15) is 5.82 Å². The van der Waals surface area contributed by atoms with E-state index in [4.69, 9.17) is 0 Å². The zero-order valence-electron chi connectivity index (χ0n) is 16.6. The fourth-order valence-corrected chi connectivity index (χ4v) is 4.02. The number of sulfonamides is 1. The predicted octanol–water partition coefficient (Wildman–Crippen LogP) is 4.49. The Morgan fingerprint density at radius 2 is 1.60 bits per heavy atom. The third-order valence-electron chi connectivity index (χ3n) is 3.87. The van der Waals surface area contributed by atoms with Crippen molar-refractivity contribution in [3.63, 3.8) is 0 Å². The quantitative estimate of drug-likeness (QED) is 0.642. The van der Waals surface area contributed by atoms with Crippen molar-refractivity contribution in [1.29, 1.82) is 0 Å². The Kier molecular flexibility index (Phi) is 6.93. The standard InChI is InChI=1S/C20H22F4N2O3S/c1-19(2,3)26-30(28,29)15-8-4-13(5-9-15)6-11-18(27)25-14-7-10-17(21)16(12-14)20(22,23)24/h4-5,7-10,12,26H,6,11H2,1-3H3,(H,25,27). The first-order valence-corrected chi connectivity index (χ1v) is 10.5. The number of hydrogen-bond acceptors (Lipinski definition) is 3. The van der Waals surface area contributed by atoms with E-state index in [0.29, 0.717) is 17.7 Å². The summed E-state index contributed by atoms with van der Waals surface area (Å²) in [5.74, 6) is -1.97. The topological polar surface area (TPSA) is 75.3 Å². The number of carbonyl (C=O) groups is 1. The maximum absolute atomic E-state index is 13.3. The van der Waals surface area contributed by atoms with Crippen LogP contribution in [-0.4, -0.2) is 19.9 Å². The molecule has 2 rings (SSSR count). The second-order valence-electron chi connectivity index (χ2n) is 7.74. The fraction of sp³-hybridized carbons (Fsp3) is 0.350. The van der Waals surface area contributed by atoms with Crippen LogP contribution in [0.2, 0.25) is 0 Å². The first-order valence-electron chi connectivity index (χ1n) is 8.97. The normalized spacial score (nSPS) is 12.6. The summed E-state index contributed by atoms with van der Waals surface area (Å²) in [6.45, 7) is 5.16. The Morgan fingerprint density at radius 1 is 1.00 bits per heavy atom. The molecule has 0 aliphatic heterocycles. The highest BCUT2D eigenvalue weighted by Crippen LogP contribution is 2.33. The molecule has 0 heterocycles. The summed E-state index contributed by atoms with van der Waals surface area (Å²) in [6, 6.07) is 8.17. The molecule has 0 spiro atoms. The number of halogens is 4. The number of hydrogen-bond donors (Lipinski definition) is 2. The van der Waals surface area contributed by atoms with Gasteiger partial charge in [-0.15, -0.1) is 0 Å². The minimum absolute atomic E-state index is 0.0505. The van der Waals surface area contributed by atoms with Crippen LogP contribution in [0.5, 0.6) is 0 Å². The Bertz CT molecular complexity index is 1010. The van der Waals surface area contributed by atoms with Gasteiger partial charge in [-0.1, -0.05) is 12.1 Å². The smallest absolute Gasteiger partial charge is 0.326 e. The average Bonchev–Trinajstić information content (AvgIpc) is 2.59. The van der Waals surface area contributed by atoms with E-state index >= 15 is 0 Å². The molecule has 0 radical (unpaired) electrons. The largest absolute Gasteiger partial charge is 0.419 e. The molecular weight excluding hydrogens is 424 g/mol. The molecule has 1 amide bonds. The Labute approximate surface area is 172 Å². The Hall–Kier alpha value is -2.46. The molecular formula is C20H22F4N2O3S. The van der Waals surface area contributed by atoms with Crippen molar-refractivity contribution in [2.24, 2.45) is 0 Å². The fourth-order valence-electron chi connectivity index (χ4n) is 2.60. The summed E-state index contributed by atoms with van der Waals surface area (Å²) in [6.07, 6.45) is -4.67. The van der Waals surface area contributed by atoms with Gasteiger partial charge in [-0.3, -0.25) is 4.79 Å². The summed E-state index contributed by atoms with van der Waals surface area (Å²) < 4.78 is 78.6. The molecule has 0 atom stereocenters. The van der Waals surface area contributed by atoms with E-state index in [9.17, 15) is 30.8 Å². The third-order valence-corrected chi connectivity index (χ3v) is 5.64. The monoisotopic (exact) mass is 446 g/mol. The number of anilines is 1. The van der Waals surface area contributed by atoms with E-state index in [2.05, 4.69) is 10.0 Å². The van der Waals surface area contributed by atoms with Gasteiger partial charge in [-0.2, -0.15) is 13.2 Å². The lowest BCUT2D eigenvalue weighted by molar-refractivity contribution is -0.140. The van der Waals surface area contributed by atoms with Gasteiger partial charge in [-0.05, 0) is 63.1 Å². The molecule has 5 nitrogen and oxygen atoms in total. The van der Waals surface area contributed by atoms with Gasteiger partial charge in [-0.25, -0.2) is 17.5 Å². The van der Waals surface area contributed by atoms with Gasteiger partial charge in [0.25, 0.3) is 0 Å². The van der Waals surface area contributed by atoms with Crippen LogP contribution in [0.15, 0.2) is 47.4 Å². The van der Waals surface area contributed by atoms with Crippen molar-refractivity contribution in [1.82, 2.24) is 4.72 Å². The molecule has 10 heteroatoms. The van der Waals surface area contributed by atoms with E-state index in [0.717, 1.165) is 6.07 Å². The number of rotatable bonds is 6. The first kappa shape index (κ1) is 23.8. The molecule has 0 fully saturated rings. The van der Waals surface area contributed by atoms with E-state index < -0.39 is 39.0 Å². The van der Waals surface area contributed by atoms with Crippen LogP contribution >= 0.6 is 0 Å². The number of carbonyl (C=O) groups excluding carboxylic acids is 1. The maximum Gasteiger partial charge on any atom is 0.419 e. The molecule has 2 N–H and O–H groups in total. The van der Waals surface area contributed by atoms with E-state index in [1.54, 1.807) is 32.9 Å². The van der Waals surface area contributed by atoms with Crippen molar-refractivity contribution in [3.05, 3.63) is 59.4 Å². The van der Waals surface area contributed by atoms with Gasteiger partial charge >= 0.3 is 6.18 Å². The second kappa shape index (κ2) is 8.73. The lowest BCUT2D eigenvalue weighted by atomic mass is 10.1. The van der Waals surface area contributed by atoms with Crippen LogP contribution in [0, 0.1) is 5.82 Å². The third kappa shape index (κ3) is 6.81. The molecule has 164 valence electrons. The minimum atomic E-state index is -4.87. The Balaban J connectivity index is 1.99. The molecule has 30 heavy (non-hydrogen) atoms. The van der Waals surface area contributed by atoms with Crippen molar-refractivity contribution < 1.29 is 30.8 Å². The molecule has 0 aliphatic carbocycles. The number of benzene rings is 2. The number of aryl methyl sites for hydroxylation is 1. The van der Waals surface area contributed by atoms with Crippen LogP contribution in [0.1, 0.15) is 38.3 Å². The predicted molar refractivity (Wildman–Crippen MR) is 105 cm³/mol. The second-order valence-corrected chi connectivity index (χ2v) is 9.42.